The van der Waals surface area contributed by atoms with Gasteiger partial charge in [-0.15, -0.1) is 0 Å². The van der Waals surface area contributed by atoms with Crippen LogP contribution in [0.3, 0.4) is 0 Å². The van der Waals surface area contributed by atoms with Gasteiger partial charge in [0.2, 0.25) is 5.91 Å². The second kappa shape index (κ2) is 6.32. The number of aryl methyl sites for hydroxylation is 2. The molecule has 0 aliphatic carbocycles. The molecule has 0 spiro atoms. The second-order valence-electron chi connectivity index (χ2n) is 4.99. The zero-order valence-corrected chi connectivity index (χ0v) is 12.1. The smallest absolute Gasteiger partial charge is 0.224 e. The van der Waals surface area contributed by atoms with E-state index in [1.807, 2.05) is 51.1 Å². The first kappa shape index (κ1) is 14.2. The van der Waals surface area contributed by atoms with Gasteiger partial charge in [0.05, 0.1) is 12.5 Å². The highest BCUT2D eigenvalue weighted by Gasteiger charge is 2.15. The molecule has 1 heterocycles. The minimum Gasteiger partial charge on any atom is -0.352 e. The van der Waals surface area contributed by atoms with Gasteiger partial charge in [0.15, 0.2) is 0 Å². The fourth-order valence-electron chi connectivity index (χ4n) is 2.04. The van der Waals surface area contributed by atoms with E-state index in [-0.39, 0.29) is 11.8 Å². The van der Waals surface area contributed by atoms with Crippen LogP contribution < -0.4 is 5.32 Å². The van der Waals surface area contributed by atoms with Gasteiger partial charge in [0.1, 0.15) is 11.6 Å². The molecule has 0 bridgehead atoms. The van der Waals surface area contributed by atoms with Crippen molar-refractivity contribution in [2.75, 3.05) is 0 Å². The molecule has 106 valence electrons. The Morgan fingerprint density at radius 3 is 2.60 bits per heavy atom. The largest absolute Gasteiger partial charge is 0.352 e. The summed E-state index contributed by atoms with van der Waals surface area (Å²) < 4.78 is 1.78. The van der Waals surface area contributed by atoms with Gasteiger partial charge >= 0.3 is 0 Å². The minimum atomic E-state index is -0.140. The Kier molecular flexibility index (Phi) is 4.50. The summed E-state index contributed by atoms with van der Waals surface area (Å²) in [5.41, 5.74) is 1.10. The highest BCUT2D eigenvalue weighted by molar-refractivity contribution is 5.78. The first-order valence-electron chi connectivity index (χ1n) is 6.76. The number of rotatable bonds is 5. The monoisotopic (exact) mass is 272 g/mol. The highest BCUT2D eigenvalue weighted by Crippen LogP contribution is 2.05. The second-order valence-corrected chi connectivity index (χ2v) is 4.99. The van der Waals surface area contributed by atoms with Crippen LogP contribution in [0.4, 0.5) is 0 Å². The summed E-state index contributed by atoms with van der Waals surface area (Å²) in [7, 11) is 0. The zero-order valence-electron chi connectivity index (χ0n) is 12.1. The third-order valence-electron chi connectivity index (χ3n) is 3.17. The molecule has 0 aliphatic heterocycles. The number of carbonyl (C=O) groups is 1. The van der Waals surface area contributed by atoms with Crippen LogP contribution in [-0.4, -0.2) is 20.7 Å². The number of nitrogens with zero attached hydrogens (tertiary/aromatic N) is 3. The SMILES string of the molecule is Cc1nc(C)n(C[C@H](C)C(=O)NCc2ccccc2)n1. The van der Waals surface area contributed by atoms with Crippen LogP contribution in [0.2, 0.25) is 0 Å². The average Bonchev–Trinajstić information content (AvgIpc) is 2.75. The van der Waals surface area contributed by atoms with Crippen molar-refractivity contribution in [3.8, 4) is 0 Å². The van der Waals surface area contributed by atoms with Crippen LogP contribution in [0.5, 0.6) is 0 Å². The third-order valence-corrected chi connectivity index (χ3v) is 3.17. The van der Waals surface area contributed by atoms with E-state index in [2.05, 4.69) is 15.4 Å². The van der Waals surface area contributed by atoms with E-state index in [0.29, 0.717) is 13.1 Å². The first-order valence-corrected chi connectivity index (χ1v) is 6.76. The molecule has 0 aliphatic rings. The molecule has 20 heavy (non-hydrogen) atoms. The Morgan fingerprint density at radius 2 is 2.00 bits per heavy atom. The van der Waals surface area contributed by atoms with Crippen LogP contribution in [0, 0.1) is 19.8 Å². The van der Waals surface area contributed by atoms with Crippen LogP contribution in [0.15, 0.2) is 30.3 Å². The molecule has 0 saturated heterocycles. The molecular weight excluding hydrogens is 252 g/mol. The van der Waals surface area contributed by atoms with Crippen LogP contribution in [0.25, 0.3) is 0 Å². The van der Waals surface area contributed by atoms with Gasteiger partial charge < -0.3 is 5.32 Å². The lowest BCUT2D eigenvalue weighted by Gasteiger charge is -2.13. The number of carbonyl (C=O) groups excluding carboxylic acids is 1. The normalized spacial score (nSPS) is 12.2. The number of benzene rings is 1. The highest BCUT2D eigenvalue weighted by atomic mass is 16.1. The maximum atomic E-state index is 12.1. The van der Waals surface area contributed by atoms with Gasteiger partial charge in [-0.25, -0.2) is 9.67 Å². The maximum absolute atomic E-state index is 12.1. The summed E-state index contributed by atoms with van der Waals surface area (Å²) in [6.45, 7) is 6.75. The van der Waals surface area contributed by atoms with Crippen LogP contribution in [-0.2, 0) is 17.9 Å². The minimum absolute atomic E-state index is 0.0291. The third kappa shape index (κ3) is 3.66. The van der Waals surface area contributed by atoms with Crippen molar-refractivity contribution in [3.63, 3.8) is 0 Å². The van der Waals surface area contributed by atoms with Gasteiger partial charge in [-0.2, -0.15) is 5.10 Å². The zero-order chi connectivity index (χ0) is 14.5. The Bertz CT molecular complexity index is 577. The van der Waals surface area contributed by atoms with Crippen LogP contribution >= 0.6 is 0 Å². The van der Waals surface area contributed by atoms with Gasteiger partial charge in [0, 0.05) is 6.54 Å². The van der Waals surface area contributed by atoms with Gasteiger partial charge in [-0.3, -0.25) is 4.79 Å². The number of hydrogen-bond acceptors (Lipinski definition) is 3. The molecule has 0 fully saturated rings. The summed E-state index contributed by atoms with van der Waals surface area (Å²) in [4.78, 5) is 16.3. The Labute approximate surface area is 119 Å². The molecule has 1 aromatic heterocycles. The van der Waals surface area contributed by atoms with Crippen molar-refractivity contribution in [3.05, 3.63) is 47.5 Å². The summed E-state index contributed by atoms with van der Waals surface area (Å²) in [6, 6.07) is 9.88. The molecule has 1 atom stereocenters. The standard InChI is InChI=1S/C15H20N4O/c1-11(10-19-13(3)17-12(2)18-19)15(20)16-9-14-7-5-4-6-8-14/h4-8,11H,9-10H2,1-3H3,(H,16,20)/t11-/m0/s1. The average molecular weight is 272 g/mol. The molecule has 2 rings (SSSR count). The Morgan fingerprint density at radius 1 is 1.30 bits per heavy atom. The first-order chi connectivity index (χ1) is 9.56. The van der Waals surface area contributed by atoms with Crippen molar-refractivity contribution in [2.24, 2.45) is 5.92 Å². The van der Waals surface area contributed by atoms with Crippen molar-refractivity contribution < 1.29 is 4.79 Å². The maximum Gasteiger partial charge on any atom is 0.224 e. The number of amides is 1. The van der Waals surface area contributed by atoms with Crippen molar-refractivity contribution in [1.82, 2.24) is 20.1 Å². The van der Waals surface area contributed by atoms with Crippen molar-refractivity contribution >= 4 is 5.91 Å². The van der Waals surface area contributed by atoms with E-state index >= 15 is 0 Å². The lowest BCUT2D eigenvalue weighted by Crippen LogP contribution is -2.31. The molecule has 5 heteroatoms. The topological polar surface area (TPSA) is 59.8 Å². The fourth-order valence-corrected chi connectivity index (χ4v) is 2.04. The molecule has 0 radical (unpaired) electrons. The van der Waals surface area contributed by atoms with E-state index in [1.54, 1.807) is 4.68 Å². The Hall–Kier alpha value is -2.17. The Balaban J connectivity index is 1.87. The molecule has 2 aromatic rings. The van der Waals surface area contributed by atoms with E-state index in [1.165, 1.54) is 0 Å². The van der Waals surface area contributed by atoms with Gasteiger partial charge in [0.25, 0.3) is 0 Å². The summed E-state index contributed by atoms with van der Waals surface area (Å²) in [6.07, 6.45) is 0. The molecule has 1 N–H and O–H groups in total. The van der Waals surface area contributed by atoms with Gasteiger partial charge in [-0.05, 0) is 19.4 Å². The van der Waals surface area contributed by atoms with Crippen LogP contribution in [0.1, 0.15) is 24.1 Å². The number of aromatic nitrogens is 3. The lowest BCUT2D eigenvalue weighted by atomic mass is 10.1. The summed E-state index contributed by atoms with van der Waals surface area (Å²) in [5.74, 6) is 1.46. The predicted molar refractivity (Wildman–Crippen MR) is 76.9 cm³/mol. The summed E-state index contributed by atoms with van der Waals surface area (Å²) in [5, 5.41) is 7.22. The van der Waals surface area contributed by atoms with E-state index in [0.717, 1.165) is 17.2 Å². The van der Waals surface area contributed by atoms with E-state index in [9.17, 15) is 4.79 Å². The molecular formula is C15H20N4O. The molecule has 5 nitrogen and oxygen atoms in total. The molecule has 0 unspecified atom stereocenters. The lowest BCUT2D eigenvalue weighted by molar-refractivity contribution is -0.125. The number of nitrogens with one attached hydrogen (secondary N) is 1. The van der Waals surface area contributed by atoms with E-state index < -0.39 is 0 Å². The van der Waals surface area contributed by atoms with Gasteiger partial charge in [-0.1, -0.05) is 37.3 Å². The molecule has 0 saturated carbocycles. The summed E-state index contributed by atoms with van der Waals surface area (Å²) >= 11 is 0. The number of hydrogen-bond donors (Lipinski definition) is 1. The van der Waals surface area contributed by atoms with Crippen molar-refractivity contribution in [1.29, 1.82) is 0 Å². The quantitative estimate of drug-likeness (QED) is 0.903. The molecule has 1 aromatic carbocycles. The predicted octanol–water partition coefficient (Wildman–Crippen LogP) is 1.85. The van der Waals surface area contributed by atoms with E-state index in [4.69, 9.17) is 0 Å². The van der Waals surface area contributed by atoms with Crippen molar-refractivity contribution in [2.45, 2.75) is 33.9 Å². The fraction of sp³-hybridized carbons (Fsp3) is 0.400. The molecule has 1 amide bonds.